The molecule has 3 rings (SSSR count). The minimum atomic E-state index is 0.337. The predicted octanol–water partition coefficient (Wildman–Crippen LogP) is 3.28. The summed E-state index contributed by atoms with van der Waals surface area (Å²) in [6.07, 6.45) is 1.62. The van der Waals surface area contributed by atoms with Crippen molar-refractivity contribution < 1.29 is 4.42 Å². The third-order valence-electron chi connectivity index (χ3n) is 3.05. The number of rotatable bonds is 4. The Labute approximate surface area is 127 Å². The molecule has 1 N–H and O–H groups in total. The molecule has 0 atom stereocenters. The highest BCUT2D eigenvalue weighted by Gasteiger charge is 2.05. The number of aromatic nitrogens is 3. The Balaban J connectivity index is 1.79. The van der Waals surface area contributed by atoms with E-state index in [2.05, 4.69) is 25.7 Å². The fourth-order valence-electron chi connectivity index (χ4n) is 1.92. The Morgan fingerprint density at radius 2 is 1.95 bits per heavy atom. The van der Waals surface area contributed by atoms with Gasteiger partial charge in [0.25, 0.3) is 5.95 Å². The molecule has 2 aromatic heterocycles. The van der Waals surface area contributed by atoms with E-state index in [-0.39, 0.29) is 0 Å². The van der Waals surface area contributed by atoms with Crippen LogP contribution in [-0.4, -0.2) is 20.9 Å². The largest absolute Gasteiger partial charge is 0.460 e. The van der Waals surface area contributed by atoms with Gasteiger partial charge in [0.2, 0.25) is 0 Å². The van der Waals surface area contributed by atoms with Crippen molar-refractivity contribution in [1.29, 1.82) is 0 Å². The first-order valence-corrected chi connectivity index (χ1v) is 6.84. The molecule has 0 bridgehead atoms. The van der Waals surface area contributed by atoms with Gasteiger partial charge in [0, 0.05) is 5.56 Å². The molecule has 0 amide bonds. The third-order valence-corrected chi connectivity index (χ3v) is 3.05. The van der Waals surface area contributed by atoms with Gasteiger partial charge < -0.3 is 4.42 Å². The number of benzene rings is 1. The van der Waals surface area contributed by atoms with E-state index in [4.69, 9.17) is 4.42 Å². The first-order chi connectivity index (χ1) is 10.7. The van der Waals surface area contributed by atoms with Crippen molar-refractivity contribution >= 4 is 11.7 Å². The Morgan fingerprint density at radius 3 is 2.68 bits per heavy atom. The van der Waals surface area contributed by atoms with Gasteiger partial charge in [-0.2, -0.15) is 10.2 Å². The molecule has 0 unspecified atom stereocenters. The summed E-state index contributed by atoms with van der Waals surface area (Å²) < 4.78 is 5.50. The van der Waals surface area contributed by atoms with Crippen LogP contribution in [0.3, 0.4) is 0 Å². The van der Waals surface area contributed by atoms with Crippen LogP contribution in [0.2, 0.25) is 0 Å². The molecule has 3 aromatic rings. The summed E-state index contributed by atoms with van der Waals surface area (Å²) in [5, 5.41) is 12.1. The number of hydrazone groups is 1. The van der Waals surface area contributed by atoms with Gasteiger partial charge in [0.1, 0.15) is 17.2 Å². The van der Waals surface area contributed by atoms with Crippen molar-refractivity contribution in [3.8, 4) is 11.3 Å². The molecule has 22 heavy (non-hydrogen) atoms. The lowest BCUT2D eigenvalue weighted by Gasteiger charge is -2.02. The minimum absolute atomic E-state index is 0.337. The predicted molar refractivity (Wildman–Crippen MR) is 84.5 cm³/mol. The molecular formula is C16H15N5O. The molecule has 0 fully saturated rings. The molecule has 0 saturated carbocycles. The number of nitrogens with one attached hydrogen (secondary N) is 1. The fourth-order valence-corrected chi connectivity index (χ4v) is 1.92. The lowest BCUT2D eigenvalue weighted by atomic mass is 10.2. The van der Waals surface area contributed by atoms with Crippen molar-refractivity contribution in [3.05, 3.63) is 60.2 Å². The fraction of sp³-hybridized carbons (Fsp3) is 0.125. The van der Waals surface area contributed by atoms with E-state index in [0.29, 0.717) is 17.4 Å². The molecule has 0 spiro atoms. The van der Waals surface area contributed by atoms with Crippen LogP contribution in [0.4, 0.5) is 5.95 Å². The number of anilines is 1. The van der Waals surface area contributed by atoms with Crippen molar-refractivity contribution in [1.82, 2.24) is 15.2 Å². The van der Waals surface area contributed by atoms with E-state index < -0.39 is 0 Å². The Bertz CT molecular complexity index is 795. The van der Waals surface area contributed by atoms with Crippen LogP contribution in [0.5, 0.6) is 0 Å². The van der Waals surface area contributed by atoms with Crippen molar-refractivity contribution in [2.75, 3.05) is 5.43 Å². The second-order valence-electron chi connectivity index (χ2n) is 4.75. The quantitative estimate of drug-likeness (QED) is 0.590. The first kappa shape index (κ1) is 13.9. The molecule has 0 aliphatic heterocycles. The van der Waals surface area contributed by atoms with Crippen LogP contribution < -0.4 is 5.43 Å². The molecule has 110 valence electrons. The van der Waals surface area contributed by atoms with Crippen molar-refractivity contribution in [2.45, 2.75) is 13.8 Å². The van der Waals surface area contributed by atoms with E-state index in [9.17, 15) is 0 Å². The molecule has 6 nitrogen and oxygen atoms in total. The monoisotopic (exact) mass is 293 g/mol. The average molecular weight is 293 g/mol. The average Bonchev–Trinajstić information content (AvgIpc) is 3.00. The van der Waals surface area contributed by atoms with Crippen LogP contribution >= 0.6 is 0 Å². The van der Waals surface area contributed by atoms with Gasteiger partial charge in [0.05, 0.1) is 11.9 Å². The highest BCUT2D eigenvalue weighted by atomic mass is 16.3. The smallest absolute Gasteiger partial charge is 0.263 e. The molecule has 0 saturated heterocycles. The highest BCUT2D eigenvalue weighted by molar-refractivity contribution is 5.96. The van der Waals surface area contributed by atoms with E-state index >= 15 is 0 Å². The summed E-state index contributed by atoms with van der Waals surface area (Å²) in [4.78, 5) is 4.39. The van der Waals surface area contributed by atoms with E-state index in [1.807, 2.05) is 56.3 Å². The lowest BCUT2D eigenvalue weighted by Crippen LogP contribution is -2.03. The number of furan rings is 1. The summed E-state index contributed by atoms with van der Waals surface area (Å²) in [5.74, 6) is 1.88. The number of hydrogen-bond donors (Lipinski definition) is 1. The van der Waals surface area contributed by atoms with Gasteiger partial charge in [-0.25, -0.2) is 10.4 Å². The van der Waals surface area contributed by atoms with Crippen molar-refractivity contribution in [3.63, 3.8) is 0 Å². The SMILES string of the molecule is C/C(=N/Nc1nncc(-c2ccccc2)n1)c1ccc(C)o1. The Hall–Kier alpha value is -3.02. The van der Waals surface area contributed by atoms with Gasteiger partial charge in [-0.15, -0.1) is 5.10 Å². The number of nitrogens with zero attached hydrogens (tertiary/aromatic N) is 4. The lowest BCUT2D eigenvalue weighted by molar-refractivity contribution is 0.525. The van der Waals surface area contributed by atoms with Crippen LogP contribution in [-0.2, 0) is 0 Å². The molecular weight excluding hydrogens is 278 g/mol. The molecule has 1 aromatic carbocycles. The maximum Gasteiger partial charge on any atom is 0.263 e. The summed E-state index contributed by atoms with van der Waals surface area (Å²) >= 11 is 0. The summed E-state index contributed by atoms with van der Waals surface area (Å²) in [7, 11) is 0. The van der Waals surface area contributed by atoms with E-state index in [0.717, 1.165) is 17.0 Å². The van der Waals surface area contributed by atoms with Gasteiger partial charge in [0.15, 0.2) is 0 Å². The highest BCUT2D eigenvalue weighted by Crippen LogP contribution is 2.15. The topological polar surface area (TPSA) is 76.2 Å². The summed E-state index contributed by atoms with van der Waals surface area (Å²) in [6.45, 7) is 3.74. The van der Waals surface area contributed by atoms with Gasteiger partial charge in [-0.05, 0) is 26.0 Å². The zero-order chi connectivity index (χ0) is 15.4. The van der Waals surface area contributed by atoms with Crippen molar-refractivity contribution in [2.24, 2.45) is 5.10 Å². The molecule has 0 radical (unpaired) electrons. The second kappa shape index (κ2) is 6.17. The van der Waals surface area contributed by atoms with Crippen LogP contribution in [0.25, 0.3) is 11.3 Å². The summed E-state index contributed by atoms with van der Waals surface area (Å²) in [6, 6.07) is 13.5. The standard InChI is InChI=1S/C16H15N5O/c1-11-8-9-15(22-11)12(2)19-21-16-18-14(10-17-20-16)13-6-4-3-5-7-13/h3-10H,1-2H3,(H,18,20,21)/b19-12-. The third kappa shape index (κ3) is 3.17. The zero-order valence-electron chi connectivity index (χ0n) is 12.3. The maximum absolute atomic E-state index is 5.50. The molecule has 6 heteroatoms. The van der Waals surface area contributed by atoms with Crippen LogP contribution in [0.1, 0.15) is 18.4 Å². The maximum atomic E-state index is 5.50. The first-order valence-electron chi connectivity index (χ1n) is 6.84. The summed E-state index contributed by atoms with van der Waals surface area (Å²) in [5.41, 5.74) is 5.23. The van der Waals surface area contributed by atoms with Crippen LogP contribution in [0.15, 0.2) is 58.2 Å². The van der Waals surface area contributed by atoms with Gasteiger partial charge >= 0.3 is 0 Å². The normalized spacial score (nSPS) is 11.5. The van der Waals surface area contributed by atoms with Crippen LogP contribution in [0, 0.1) is 6.92 Å². The van der Waals surface area contributed by atoms with E-state index in [1.54, 1.807) is 6.20 Å². The Kier molecular flexibility index (Phi) is 3.91. The zero-order valence-corrected chi connectivity index (χ0v) is 12.3. The molecule has 0 aliphatic carbocycles. The minimum Gasteiger partial charge on any atom is -0.460 e. The van der Waals surface area contributed by atoms with Gasteiger partial charge in [-0.3, -0.25) is 0 Å². The number of aryl methyl sites for hydroxylation is 1. The molecule has 0 aliphatic rings. The van der Waals surface area contributed by atoms with E-state index in [1.165, 1.54) is 0 Å². The second-order valence-corrected chi connectivity index (χ2v) is 4.75. The Morgan fingerprint density at radius 1 is 1.14 bits per heavy atom. The van der Waals surface area contributed by atoms with Gasteiger partial charge in [-0.1, -0.05) is 30.3 Å². The molecule has 2 heterocycles. The number of hydrogen-bond acceptors (Lipinski definition) is 6.